The van der Waals surface area contributed by atoms with E-state index in [0.29, 0.717) is 19.3 Å². The topological polar surface area (TPSA) is 89.9 Å². The third-order valence-corrected chi connectivity index (χ3v) is 8.47. The zero-order valence-corrected chi connectivity index (χ0v) is 30.1. The van der Waals surface area contributed by atoms with Gasteiger partial charge in [0.2, 0.25) is 0 Å². The highest BCUT2D eigenvalue weighted by Gasteiger charge is 2.16. The van der Waals surface area contributed by atoms with Gasteiger partial charge in [0, 0.05) is 19.3 Å². The van der Waals surface area contributed by atoms with Gasteiger partial charge in [-0.3, -0.25) is 14.4 Å². The van der Waals surface area contributed by atoms with Gasteiger partial charge in [-0.05, 0) is 38.2 Å². The summed E-state index contributed by atoms with van der Waals surface area (Å²) >= 11 is 0. The molecule has 0 aromatic carbocycles. The highest BCUT2D eigenvalue weighted by atomic mass is 16.6. The number of unbranched alkanes of at least 4 members (excludes halogenated alkanes) is 22. The number of carbonyl (C=O) groups excluding carboxylic acids is 3. The van der Waals surface area contributed by atoms with Crippen LogP contribution in [0, 0.1) is 0 Å². The van der Waals surface area contributed by atoms with Gasteiger partial charge in [-0.15, -0.1) is 0 Å². The fourth-order valence-electron chi connectivity index (χ4n) is 5.48. The average molecular weight is 649 g/mol. The van der Waals surface area contributed by atoms with Crippen molar-refractivity contribution in [3.05, 3.63) is 24.3 Å². The van der Waals surface area contributed by atoms with E-state index in [2.05, 4.69) is 19.9 Å². The largest absolute Gasteiger partial charge is 0.462 e. The SMILES string of the molecule is CCCCC/C=C\C=C\C(=O)CCCCCCCC(=O)OC[C@H](CO)OC(=O)CCCCCCCCCCCCCCCCCC. The summed E-state index contributed by atoms with van der Waals surface area (Å²) in [6, 6.07) is 0. The number of rotatable bonds is 35. The van der Waals surface area contributed by atoms with Gasteiger partial charge in [0.15, 0.2) is 11.9 Å². The molecule has 0 fully saturated rings. The molecular weight excluding hydrogens is 576 g/mol. The summed E-state index contributed by atoms with van der Waals surface area (Å²) in [5.41, 5.74) is 0. The summed E-state index contributed by atoms with van der Waals surface area (Å²) in [7, 11) is 0. The lowest BCUT2D eigenvalue weighted by atomic mass is 10.0. The van der Waals surface area contributed by atoms with E-state index in [0.717, 1.165) is 57.8 Å². The van der Waals surface area contributed by atoms with Gasteiger partial charge >= 0.3 is 11.9 Å². The predicted molar refractivity (Wildman–Crippen MR) is 192 cm³/mol. The first-order valence-corrected chi connectivity index (χ1v) is 19.3. The lowest BCUT2D eigenvalue weighted by Crippen LogP contribution is -2.28. The van der Waals surface area contributed by atoms with E-state index < -0.39 is 6.10 Å². The van der Waals surface area contributed by atoms with Gasteiger partial charge < -0.3 is 14.6 Å². The molecule has 6 heteroatoms. The highest BCUT2D eigenvalue weighted by molar-refractivity contribution is 5.89. The number of aliphatic hydroxyl groups is 1. The third kappa shape index (κ3) is 33.4. The van der Waals surface area contributed by atoms with Crippen LogP contribution >= 0.6 is 0 Å². The molecule has 0 amide bonds. The van der Waals surface area contributed by atoms with Crippen molar-refractivity contribution < 1.29 is 29.0 Å². The predicted octanol–water partition coefficient (Wildman–Crippen LogP) is 11.1. The molecule has 0 unspecified atom stereocenters. The van der Waals surface area contributed by atoms with Gasteiger partial charge in [0.05, 0.1) is 6.61 Å². The Morgan fingerprint density at radius 3 is 1.48 bits per heavy atom. The second-order valence-electron chi connectivity index (χ2n) is 13.0. The summed E-state index contributed by atoms with van der Waals surface area (Å²) < 4.78 is 10.5. The normalized spacial score (nSPS) is 12.2. The summed E-state index contributed by atoms with van der Waals surface area (Å²) in [4.78, 5) is 36.1. The molecule has 268 valence electrons. The van der Waals surface area contributed by atoms with Crippen molar-refractivity contribution in [2.24, 2.45) is 0 Å². The molecule has 0 rings (SSSR count). The number of allylic oxidation sites excluding steroid dienone is 4. The van der Waals surface area contributed by atoms with Crippen LogP contribution in [0.2, 0.25) is 0 Å². The zero-order valence-electron chi connectivity index (χ0n) is 30.1. The van der Waals surface area contributed by atoms with Crippen LogP contribution < -0.4 is 0 Å². The van der Waals surface area contributed by atoms with E-state index in [4.69, 9.17) is 9.47 Å². The fourth-order valence-corrected chi connectivity index (χ4v) is 5.48. The van der Waals surface area contributed by atoms with Crippen LogP contribution in [0.5, 0.6) is 0 Å². The molecule has 0 saturated carbocycles. The second-order valence-corrected chi connectivity index (χ2v) is 13.0. The summed E-state index contributed by atoms with van der Waals surface area (Å²) in [5, 5.41) is 9.54. The van der Waals surface area contributed by atoms with Crippen molar-refractivity contribution in [3.63, 3.8) is 0 Å². The number of ether oxygens (including phenoxy) is 2. The van der Waals surface area contributed by atoms with Gasteiger partial charge in [-0.1, -0.05) is 160 Å². The molecule has 0 bridgehead atoms. The van der Waals surface area contributed by atoms with Gasteiger partial charge in [0.25, 0.3) is 0 Å². The van der Waals surface area contributed by atoms with Gasteiger partial charge in [0.1, 0.15) is 6.61 Å². The fraction of sp³-hybridized carbons (Fsp3) is 0.825. The monoisotopic (exact) mass is 649 g/mol. The minimum atomic E-state index is -0.805. The summed E-state index contributed by atoms with van der Waals surface area (Å²) in [6.07, 6.45) is 37.7. The maximum Gasteiger partial charge on any atom is 0.306 e. The average Bonchev–Trinajstić information content (AvgIpc) is 3.05. The van der Waals surface area contributed by atoms with Crippen LogP contribution in [0.15, 0.2) is 24.3 Å². The van der Waals surface area contributed by atoms with Crippen molar-refractivity contribution in [1.29, 1.82) is 0 Å². The molecule has 0 aliphatic carbocycles. The molecule has 0 aromatic rings. The standard InChI is InChI=1S/C40H72O6/c1-3-5-7-9-11-12-13-14-15-16-17-18-19-21-25-30-34-40(44)46-38(35-41)36-45-39(43)33-29-26-22-24-28-32-37(42)31-27-23-20-10-8-6-4-2/h20,23,27,31,38,41H,3-19,21-22,24-26,28-30,32-36H2,1-2H3/b23-20-,31-27+/t38-/m0/s1. The smallest absolute Gasteiger partial charge is 0.306 e. The lowest BCUT2D eigenvalue weighted by Gasteiger charge is -2.15. The van der Waals surface area contributed by atoms with Crippen LogP contribution in [0.25, 0.3) is 0 Å². The Bertz CT molecular complexity index is 759. The van der Waals surface area contributed by atoms with Crippen molar-refractivity contribution >= 4 is 17.7 Å². The molecule has 6 nitrogen and oxygen atoms in total. The molecular formula is C40H72O6. The van der Waals surface area contributed by atoms with Crippen molar-refractivity contribution in [2.45, 2.75) is 200 Å². The van der Waals surface area contributed by atoms with Crippen molar-refractivity contribution in [1.82, 2.24) is 0 Å². The number of carbonyl (C=O) groups is 3. The van der Waals surface area contributed by atoms with Crippen LogP contribution in [-0.2, 0) is 23.9 Å². The van der Waals surface area contributed by atoms with E-state index in [1.807, 2.05) is 12.2 Å². The molecule has 0 aromatic heterocycles. The Balaban J connectivity index is 3.62. The Labute approximate surface area is 283 Å². The first kappa shape index (κ1) is 44.0. The number of hydrogen-bond donors (Lipinski definition) is 1. The summed E-state index contributed by atoms with van der Waals surface area (Å²) in [5.74, 6) is -0.519. The van der Waals surface area contributed by atoms with Crippen molar-refractivity contribution in [2.75, 3.05) is 13.2 Å². The molecule has 0 aliphatic rings. The molecule has 1 N–H and O–H groups in total. The summed E-state index contributed by atoms with van der Waals surface area (Å²) in [6.45, 7) is 3.99. The van der Waals surface area contributed by atoms with Crippen LogP contribution in [-0.4, -0.2) is 42.1 Å². The number of ketones is 1. The van der Waals surface area contributed by atoms with Crippen molar-refractivity contribution in [3.8, 4) is 0 Å². The minimum absolute atomic E-state index is 0.108. The van der Waals surface area contributed by atoms with Crippen LogP contribution in [0.4, 0.5) is 0 Å². The maximum atomic E-state index is 12.2. The molecule has 0 spiro atoms. The quantitative estimate of drug-likeness (QED) is 0.0318. The Morgan fingerprint density at radius 1 is 0.543 bits per heavy atom. The van der Waals surface area contributed by atoms with Crippen LogP contribution in [0.1, 0.15) is 194 Å². The molecule has 0 heterocycles. The van der Waals surface area contributed by atoms with E-state index >= 15 is 0 Å². The molecule has 0 aliphatic heterocycles. The highest BCUT2D eigenvalue weighted by Crippen LogP contribution is 2.15. The third-order valence-electron chi connectivity index (χ3n) is 8.47. The molecule has 0 radical (unpaired) electrons. The van der Waals surface area contributed by atoms with E-state index in [1.54, 1.807) is 6.08 Å². The van der Waals surface area contributed by atoms with E-state index in [9.17, 15) is 19.5 Å². The van der Waals surface area contributed by atoms with E-state index in [-0.39, 0.29) is 30.9 Å². The molecule has 0 saturated heterocycles. The van der Waals surface area contributed by atoms with Gasteiger partial charge in [-0.2, -0.15) is 0 Å². The first-order chi connectivity index (χ1) is 22.5. The Morgan fingerprint density at radius 2 is 0.978 bits per heavy atom. The lowest BCUT2D eigenvalue weighted by molar-refractivity contribution is -0.161. The number of hydrogen-bond acceptors (Lipinski definition) is 6. The van der Waals surface area contributed by atoms with Gasteiger partial charge in [-0.25, -0.2) is 0 Å². The minimum Gasteiger partial charge on any atom is -0.462 e. The number of esters is 2. The van der Waals surface area contributed by atoms with E-state index in [1.165, 1.54) is 103 Å². The first-order valence-electron chi connectivity index (χ1n) is 19.3. The Hall–Kier alpha value is -1.95. The second kappa shape index (κ2) is 35.9. The zero-order chi connectivity index (χ0) is 33.8. The Kier molecular flexibility index (Phi) is 34.4. The maximum absolute atomic E-state index is 12.2. The number of aliphatic hydroxyl groups excluding tert-OH is 1. The molecule has 1 atom stereocenters. The molecule has 46 heavy (non-hydrogen) atoms. The van der Waals surface area contributed by atoms with Crippen LogP contribution in [0.3, 0.4) is 0 Å².